The van der Waals surface area contributed by atoms with Gasteiger partial charge in [-0.2, -0.15) is 0 Å². The van der Waals surface area contributed by atoms with E-state index in [2.05, 4.69) is 4.99 Å². The summed E-state index contributed by atoms with van der Waals surface area (Å²) in [6.07, 6.45) is 9.41. The molecule has 2 atom stereocenters. The molecule has 2 N–H and O–H groups in total. The number of allylic oxidation sites excluding steroid dienone is 3. The first-order chi connectivity index (χ1) is 7.81. The van der Waals surface area contributed by atoms with Gasteiger partial charge in [0.15, 0.2) is 0 Å². The van der Waals surface area contributed by atoms with Crippen LogP contribution in [0.5, 0.6) is 0 Å². The molecule has 16 heavy (non-hydrogen) atoms. The average Bonchev–Trinajstić information content (AvgIpc) is 3.09. The number of nitrogens with zero attached hydrogens (tertiary/aromatic N) is 1. The third-order valence-corrected chi connectivity index (χ3v) is 2.56. The molecule has 0 amide bonds. The van der Waals surface area contributed by atoms with E-state index < -0.39 is 0 Å². The molecule has 0 spiro atoms. The maximum atomic E-state index is 5.69. The van der Waals surface area contributed by atoms with Crippen LogP contribution in [0.1, 0.15) is 6.92 Å². The number of epoxide rings is 1. The fourth-order valence-electron chi connectivity index (χ4n) is 1.50. The Hall–Kier alpha value is -1.55. The zero-order valence-corrected chi connectivity index (χ0v) is 9.30. The molecule has 0 saturated carbocycles. The molecule has 2 rings (SSSR count). The van der Waals surface area contributed by atoms with E-state index in [1.54, 1.807) is 0 Å². The van der Waals surface area contributed by atoms with E-state index in [9.17, 15) is 0 Å². The van der Waals surface area contributed by atoms with Gasteiger partial charge in [0, 0.05) is 0 Å². The van der Waals surface area contributed by atoms with Crippen molar-refractivity contribution in [2.45, 2.75) is 19.1 Å². The Balaban J connectivity index is 2.07. The van der Waals surface area contributed by atoms with Gasteiger partial charge in [0.2, 0.25) is 0 Å². The molecule has 4 heteroatoms. The summed E-state index contributed by atoms with van der Waals surface area (Å²) in [5, 5.41) is 0. The quantitative estimate of drug-likeness (QED) is 0.439. The molecular weight excluding hydrogens is 204 g/mol. The van der Waals surface area contributed by atoms with Crippen LogP contribution in [0.15, 0.2) is 40.6 Å². The summed E-state index contributed by atoms with van der Waals surface area (Å²) in [4.78, 5) is 4.17. The van der Waals surface area contributed by atoms with E-state index in [4.69, 9.17) is 15.2 Å². The highest BCUT2D eigenvalue weighted by molar-refractivity contribution is 5.53. The van der Waals surface area contributed by atoms with Crippen molar-refractivity contribution in [3.05, 3.63) is 35.6 Å². The van der Waals surface area contributed by atoms with Crippen LogP contribution in [0.3, 0.4) is 0 Å². The van der Waals surface area contributed by atoms with Crippen LogP contribution in [0.25, 0.3) is 0 Å². The number of rotatable bonds is 4. The number of hydrogen-bond acceptors (Lipinski definition) is 3. The molecule has 0 aromatic carbocycles. The summed E-state index contributed by atoms with van der Waals surface area (Å²) < 4.78 is 10.8. The fourth-order valence-corrected chi connectivity index (χ4v) is 1.50. The zero-order valence-electron chi connectivity index (χ0n) is 9.30. The van der Waals surface area contributed by atoms with Gasteiger partial charge in [-0.15, -0.1) is 0 Å². The fraction of sp³-hybridized carbons (Fsp3) is 0.417. The Morgan fingerprint density at radius 2 is 2.44 bits per heavy atom. The van der Waals surface area contributed by atoms with Gasteiger partial charge >= 0.3 is 0 Å². The lowest BCUT2D eigenvalue weighted by Crippen LogP contribution is -2.09. The minimum atomic E-state index is -0.0323. The first-order valence-electron chi connectivity index (χ1n) is 5.34. The summed E-state index contributed by atoms with van der Waals surface area (Å²) in [6, 6.07) is -0.0323. The Morgan fingerprint density at radius 3 is 3.12 bits per heavy atom. The standard InChI is InChI=1S/C12H16N2O2/c1-9-11(14-8-13)4-2-3-5-12(9)16-7-10-6-15-10/h2-5,8,10-11H,6-7H2,1H3,(H2,13,14)/t10-,11?/m1/s1. The van der Waals surface area contributed by atoms with Gasteiger partial charge in [-0.25, -0.2) is 0 Å². The van der Waals surface area contributed by atoms with Gasteiger partial charge < -0.3 is 15.2 Å². The lowest BCUT2D eigenvalue weighted by atomic mass is 10.1. The third-order valence-electron chi connectivity index (χ3n) is 2.56. The topological polar surface area (TPSA) is 60.1 Å². The van der Waals surface area contributed by atoms with Crippen molar-refractivity contribution < 1.29 is 9.47 Å². The lowest BCUT2D eigenvalue weighted by molar-refractivity contribution is 0.189. The van der Waals surface area contributed by atoms with E-state index in [0.29, 0.717) is 6.61 Å². The second kappa shape index (κ2) is 4.99. The van der Waals surface area contributed by atoms with Crippen LogP contribution in [0.4, 0.5) is 0 Å². The van der Waals surface area contributed by atoms with Crippen molar-refractivity contribution in [3.63, 3.8) is 0 Å². The van der Waals surface area contributed by atoms with E-state index in [-0.39, 0.29) is 12.1 Å². The molecule has 1 unspecified atom stereocenters. The zero-order chi connectivity index (χ0) is 11.4. The van der Waals surface area contributed by atoms with Gasteiger partial charge in [-0.3, -0.25) is 4.99 Å². The largest absolute Gasteiger partial charge is 0.491 e. The maximum absolute atomic E-state index is 5.69. The van der Waals surface area contributed by atoms with Crippen LogP contribution in [0, 0.1) is 0 Å². The van der Waals surface area contributed by atoms with Gasteiger partial charge in [0.25, 0.3) is 0 Å². The van der Waals surface area contributed by atoms with E-state index in [1.807, 2.05) is 31.2 Å². The summed E-state index contributed by atoms with van der Waals surface area (Å²) in [7, 11) is 0. The smallest absolute Gasteiger partial charge is 0.120 e. The first-order valence-corrected chi connectivity index (χ1v) is 5.34. The van der Waals surface area contributed by atoms with Gasteiger partial charge in [0.05, 0.1) is 19.0 Å². The van der Waals surface area contributed by atoms with E-state index in [1.165, 1.54) is 6.34 Å². The second-order valence-electron chi connectivity index (χ2n) is 3.80. The number of nitrogens with two attached hydrogens (primary N) is 1. The Labute approximate surface area is 95.1 Å². The lowest BCUT2D eigenvalue weighted by Gasteiger charge is -2.12. The van der Waals surface area contributed by atoms with Crippen molar-refractivity contribution in [2.24, 2.45) is 10.7 Å². The van der Waals surface area contributed by atoms with Gasteiger partial charge in [-0.1, -0.05) is 18.2 Å². The molecule has 1 saturated heterocycles. The predicted octanol–water partition coefficient (Wildman–Crippen LogP) is 1.16. The highest BCUT2D eigenvalue weighted by atomic mass is 16.6. The molecule has 0 aromatic rings. The third kappa shape index (κ3) is 2.73. The SMILES string of the molecule is CC1=C(OC[C@H]2CO2)C=CC=CC1N=CN. The minimum absolute atomic E-state index is 0.0323. The summed E-state index contributed by atoms with van der Waals surface area (Å²) in [6.45, 7) is 3.41. The van der Waals surface area contributed by atoms with Crippen LogP contribution >= 0.6 is 0 Å². The Bertz CT molecular complexity index is 365. The first kappa shape index (κ1) is 11.0. The summed E-state index contributed by atoms with van der Waals surface area (Å²) >= 11 is 0. The normalized spacial score (nSPS) is 28.6. The van der Waals surface area contributed by atoms with Crippen molar-refractivity contribution in [1.29, 1.82) is 0 Å². The molecule has 4 nitrogen and oxygen atoms in total. The highest BCUT2D eigenvalue weighted by Gasteiger charge is 2.24. The number of hydrogen-bond donors (Lipinski definition) is 1. The predicted molar refractivity (Wildman–Crippen MR) is 63.1 cm³/mol. The van der Waals surface area contributed by atoms with Gasteiger partial charge in [-0.05, 0) is 18.6 Å². The molecule has 0 bridgehead atoms. The van der Waals surface area contributed by atoms with Gasteiger partial charge in [0.1, 0.15) is 18.5 Å². The monoisotopic (exact) mass is 220 g/mol. The molecular formula is C12H16N2O2. The van der Waals surface area contributed by atoms with Crippen LogP contribution in [-0.4, -0.2) is 31.7 Å². The van der Waals surface area contributed by atoms with Crippen molar-refractivity contribution in [1.82, 2.24) is 0 Å². The molecule has 0 radical (unpaired) electrons. The van der Waals surface area contributed by atoms with Crippen LogP contribution < -0.4 is 5.73 Å². The Kier molecular flexibility index (Phi) is 3.41. The maximum Gasteiger partial charge on any atom is 0.120 e. The minimum Gasteiger partial charge on any atom is -0.491 e. The van der Waals surface area contributed by atoms with E-state index in [0.717, 1.165) is 17.9 Å². The summed E-state index contributed by atoms with van der Waals surface area (Å²) in [5.74, 6) is 0.858. The number of ether oxygens (including phenoxy) is 2. The molecule has 1 aliphatic carbocycles. The molecule has 1 fully saturated rings. The van der Waals surface area contributed by atoms with Crippen molar-refractivity contribution in [2.75, 3.05) is 13.2 Å². The average molecular weight is 220 g/mol. The van der Waals surface area contributed by atoms with Crippen LogP contribution in [-0.2, 0) is 9.47 Å². The summed E-state index contributed by atoms with van der Waals surface area (Å²) in [5.41, 5.74) is 6.38. The van der Waals surface area contributed by atoms with Crippen LogP contribution in [0.2, 0.25) is 0 Å². The second-order valence-corrected chi connectivity index (χ2v) is 3.80. The molecule has 1 aliphatic heterocycles. The molecule has 0 aromatic heterocycles. The number of aliphatic imine (C=N–C) groups is 1. The van der Waals surface area contributed by atoms with Crippen molar-refractivity contribution in [3.8, 4) is 0 Å². The Morgan fingerprint density at radius 1 is 1.62 bits per heavy atom. The highest BCUT2D eigenvalue weighted by Crippen LogP contribution is 2.20. The molecule has 1 heterocycles. The molecule has 2 aliphatic rings. The van der Waals surface area contributed by atoms with E-state index >= 15 is 0 Å². The van der Waals surface area contributed by atoms with Crippen molar-refractivity contribution >= 4 is 6.34 Å². The molecule has 86 valence electrons.